The maximum atomic E-state index is 14.0. The summed E-state index contributed by atoms with van der Waals surface area (Å²) in [7, 11) is 0. The Bertz CT molecular complexity index is 968. The molecule has 0 radical (unpaired) electrons. The maximum Gasteiger partial charge on any atom is 0.408 e. The van der Waals surface area contributed by atoms with Crippen LogP contribution < -0.4 is 10.6 Å². The average Bonchev–Trinajstić information content (AvgIpc) is 2.75. The van der Waals surface area contributed by atoms with E-state index >= 15 is 0 Å². The Balaban J connectivity index is 3.47. The first kappa shape index (κ1) is 32.3. The van der Waals surface area contributed by atoms with Crippen LogP contribution in [0.25, 0.3) is 0 Å². The van der Waals surface area contributed by atoms with E-state index in [0.717, 1.165) is 11.1 Å². The highest BCUT2D eigenvalue weighted by Crippen LogP contribution is 2.32. The molecule has 0 saturated carbocycles. The van der Waals surface area contributed by atoms with E-state index in [-0.39, 0.29) is 25.3 Å². The summed E-state index contributed by atoms with van der Waals surface area (Å²) < 4.78 is 10.3. The molecule has 2 atom stereocenters. The van der Waals surface area contributed by atoms with Gasteiger partial charge in [-0.3, -0.25) is 14.4 Å². The van der Waals surface area contributed by atoms with Gasteiger partial charge in [-0.05, 0) is 79.0 Å². The second kappa shape index (κ2) is 13.7. The Morgan fingerprint density at radius 2 is 1.68 bits per heavy atom. The molecule has 0 fully saturated rings. The van der Waals surface area contributed by atoms with E-state index in [1.807, 2.05) is 46.8 Å². The minimum atomic E-state index is -1.04. The number of esters is 1. The molecule has 1 rings (SSSR count). The molecule has 3 amide bonds. The number of amides is 3. The highest BCUT2D eigenvalue weighted by Gasteiger charge is 2.42. The van der Waals surface area contributed by atoms with Gasteiger partial charge in [0, 0.05) is 17.8 Å². The fourth-order valence-electron chi connectivity index (χ4n) is 3.73. The normalized spacial score (nSPS) is 13.2. The van der Waals surface area contributed by atoms with Crippen molar-refractivity contribution >= 4 is 36.5 Å². The van der Waals surface area contributed by atoms with Crippen LogP contribution in [0.3, 0.4) is 0 Å². The number of nitrogens with one attached hydrogen (secondary N) is 2. The monoisotopic (exact) mass is 537 g/mol. The van der Waals surface area contributed by atoms with E-state index in [2.05, 4.69) is 23.3 Å². The van der Waals surface area contributed by atoms with Crippen LogP contribution in [0.15, 0.2) is 18.2 Å². The van der Waals surface area contributed by atoms with Gasteiger partial charge in [0.25, 0.3) is 0 Å². The standard InChI is InChI=1S/C27H43N3O6S/c1-10-35-21(31)14-15-28-23(32)22(19-13-11-12-17(2)18(19)3)30(26(4,5)6)24(33)20(16-37)29-25(34)36-27(7,8)9/h11-13,20,22,37H,10,14-16H2,1-9H3,(H,28,32)(H,29,34). The van der Waals surface area contributed by atoms with Gasteiger partial charge < -0.3 is 25.0 Å². The van der Waals surface area contributed by atoms with Crippen molar-refractivity contribution in [2.75, 3.05) is 18.9 Å². The second-order valence-electron chi connectivity index (χ2n) is 10.8. The molecule has 208 valence electrons. The lowest BCUT2D eigenvalue weighted by molar-refractivity contribution is -0.148. The summed E-state index contributed by atoms with van der Waals surface area (Å²) in [6.45, 7) is 16.5. The van der Waals surface area contributed by atoms with Crippen LogP contribution >= 0.6 is 12.6 Å². The van der Waals surface area contributed by atoms with Crippen LogP contribution in [-0.2, 0) is 23.9 Å². The van der Waals surface area contributed by atoms with Crippen LogP contribution in [0.2, 0.25) is 0 Å². The highest BCUT2D eigenvalue weighted by atomic mass is 32.1. The molecule has 0 heterocycles. The molecule has 10 heteroatoms. The van der Waals surface area contributed by atoms with Gasteiger partial charge in [-0.15, -0.1) is 0 Å². The molecule has 2 unspecified atom stereocenters. The Morgan fingerprint density at radius 1 is 1.05 bits per heavy atom. The summed E-state index contributed by atoms with van der Waals surface area (Å²) in [6.07, 6.45) is -0.752. The van der Waals surface area contributed by atoms with Crippen molar-refractivity contribution < 1.29 is 28.7 Å². The van der Waals surface area contributed by atoms with Crippen molar-refractivity contribution in [3.05, 3.63) is 34.9 Å². The molecule has 0 spiro atoms. The number of ether oxygens (including phenoxy) is 2. The molecule has 1 aromatic rings. The summed E-state index contributed by atoms with van der Waals surface area (Å²) in [5, 5.41) is 5.39. The van der Waals surface area contributed by atoms with Crippen molar-refractivity contribution in [2.24, 2.45) is 0 Å². The van der Waals surface area contributed by atoms with Crippen LogP contribution in [0.5, 0.6) is 0 Å². The fourth-order valence-corrected chi connectivity index (χ4v) is 3.98. The first-order valence-corrected chi connectivity index (χ1v) is 13.1. The minimum Gasteiger partial charge on any atom is -0.466 e. The zero-order valence-electron chi connectivity index (χ0n) is 23.6. The van der Waals surface area contributed by atoms with Crippen LogP contribution in [0.1, 0.15) is 77.6 Å². The molecule has 0 aromatic heterocycles. The molecule has 2 N–H and O–H groups in total. The highest BCUT2D eigenvalue weighted by molar-refractivity contribution is 7.80. The predicted octanol–water partition coefficient (Wildman–Crippen LogP) is 3.86. The van der Waals surface area contributed by atoms with Crippen LogP contribution in [-0.4, -0.2) is 64.9 Å². The van der Waals surface area contributed by atoms with Gasteiger partial charge in [0.15, 0.2) is 0 Å². The molecule has 9 nitrogen and oxygen atoms in total. The van der Waals surface area contributed by atoms with Crippen molar-refractivity contribution in [1.29, 1.82) is 0 Å². The molecule has 0 bridgehead atoms. The SMILES string of the molecule is CCOC(=O)CCNC(=O)C(c1cccc(C)c1C)N(C(=O)C(CS)NC(=O)OC(C)(C)C)C(C)(C)C. The zero-order chi connectivity index (χ0) is 28.6. The average molecular weight is 538 g/mol. The number of carbonyl (C=O) groups excluding carboxylic acids is 4. The van der Waals surface area contributed by atoms with Gasteiger partial charge in [0.1, 0.15) is 17.7 Å². The summed E-state index contributed by atoms with van der Waals surface area (Å²) in [4.78, 5) is 53.4. The van der Waals surface area contributed by atoms with Crippen molar-refractivity contribution in [1.82, 2.24) is 15.5 Å². The van der Waals surface area contributed by atoms with Crippen molar-refractivity contribution in [2.45, 2.75) is 92.0 Å². The number of hydrogen-bond donors (Lipinski definition) is 3. The van der Waals surface area contributed by atoms with E-state index in [0.29, 0.717) is 5.56 Å². The number of hydrogen-bond acceptors (Lipinski definition) is 7. The largest absolute Gasteiger partial charge is 0.466 e. The third kappa shape index (κ3) is 9.91. The van der Waals surface area contributed by atoms with Crippen molar-refractivity contribution in [3.8, 4) is 0 Å². The zero-order valence-corrected chi connectivity index (χ0v) is 24.5. The number of benzene rings is 1. The third-order valence-electron chi connectivity index (χ3n) is 5.51. The molecule has 0 saturated heterocycles. The van der Waals surface area contributed by atoms with E-state index in [9.17, 15) is 19.2 Å². The Hall–Kier alpha value is -2.75. The maximum absolute atomic E-state index is 14.0. The molecule has 0 aliphatic rings. The molecular formula is C27H43N3O6S. The van der Waals surface area contributed by atoms with Crippen molar-refractivity contribution in [3.63, 3.8) is 0 Å². The van der Waals surface area contributed by atoms with E-state index in [1.54, 1.807) is 33.8 Å². The molecule has 0 aliphatic carbocycles. The Kier molecular flexibility index (Phi) is 11.9. The molecule has 1 aromatic carbocycles. The van der Waals surface area contributed by atoms with Gasteiger partial charge in [-0.2, -0.15) is 12.6 Å². The molecule has 0 aliphatic heterocycles. The Morgan fingerprint density at radius 3 is 2.19 bits per heavy atom. The summed E-state index contributed by atoms with van der Waals surface area (Å²) >= 11 is 4.30. The van der Waals surface area contributed by atoms with E-state index in [1.165, 1.54) is 4.90 Å². The lowest BCUT2D eigenvalue weighted by Gasteiger charge is -2.43. The van der Waals surface area contributed by atoms with Gasteiger partial charge >= 0.3 is 12.1 Å². The molecular weight excluding hydrogens is 494 g/mol. The third-order valence-corrected chi connectivity index (χ3v) is 5.88. The number of alkyl carbamates (subject to hydrolysis) is 1. The number of rotatable bonds is 10. The van der Waals surface area contributed by atoms with E-state index < -0.39 is 47.1 Å². The fraction of sp³-hybridized carbons (Fsp3) is 0.630. The lowest BCUT2D eigenvalue weighted by Crippen LogP contribution is -2.59. The molecule has 37 heavy (non-hydrogen) atoms. The van der Waals surface area contributed by atoms with Gasteiger partial charge in [0.2, 0.25) is 11.8 Å². The predicted molar refractivity (Wildman–Crippen MR) is 147 cm³/mol. The Labute approximate surface area is 226 Å². The second-order valence-corrected chi connectivity index (χ2v) is 11.2. The smallest absolute Gasteiger partial charge is 0.408 e. The van der Waals surface area contributed by atoms with Crippen LogP contribution in [0.4, 0.5) is 4.79 Å². The first-order chi connectivity index (χ1) is 17.0. The van der Waals surface area contributed by atoms with Gasteiger partial charge in [0.05, 0.1) is 13.0 Å². The quantitative estimate of drug-likeness (QED) is 0.309. The van der Waals surface area contributed by atoms with Gasteiger partial charge in [-0.1, -0.05) is 18.2 Å². The number of aryl methyl sites for hydroxylation is 1. The number of thiol groups is 1. The van der Waals surface area contributed by atoms with Gasteiger partial charge in [-0.25, -0.2) is 4.79 Å². The van der Waals surface area contributed by atoms with Crippen LogP contribution in [0, 0.1) is 13.8 Å². The first-order valence-electron chi connectivity index (χ1n) is 12.5. The lowest BCUT2D eigenvalue weighted by atomic mass is 9.91. The summed E-state index contributed by atoms with van der Waals surface area (Å²) in [6, 6.07) is 3.49. The summed E-state index contributed by atoms with van der Waals surface area (Å²) in [5.74, 6) is -1.36. The summed E-state index contributed by atoms with van der Waals surface area (Å²) in [5.41, 5.74) is 0.885. The minimum absolute atomic E-state index is 0.00201. The number of carbonyl (C=O) groups is 4. The van der Waals surface area contributed by atoms with E-state index in [4.69, 9.17) is 9.47 Å². The topological polar surface area (TPSA) is 114 Å². The number of nitrogens with zero attached hydrogens (tertiary/aromatic N) is 1.